The minimum atomic E-state index is -0.158. The van der Waals surface area contributed by atoms with Gasteiger partial charge in [0.05, 0.1) is 11.4 Å². The second-order valence-electron chi connectivity index (χ2n) is 5.23. The molecule has 1 N–H and O–H groups in total. The first-order valence-corrected chi connectivity index (χ1v) is 8.96. The second kappa shape index (κ2) is 10.3. The van der Waals surface area contributed by atoms with Gasteiger partial charge < -0.3 is 10.1 Å². The first kappa shape index (κ1) is 19.6. The molecule has 7 heteroatoms. The molecule has 1 amide bonds. The van der Waals surface area contributed by atoms with E-state index in [4.69, 9.17) is 0 Å². The van der Waals surface area contributed by atoms with Gasteiger partial charge in [0.25, 0.3) is 5.56 Å². The highest BCUT2D eigenvalue weighted by molar-refractivity contribution is 7.13. The number of ether oxygens (including phenoxy) is 1. The van der Waals surface area contributed by atoms with Gasteiger partial charge in [-0.05, 0) is 42.1 Å². The van der Waals surface area contributed by atoms with Gasteiger partial charge in [-0.1, -0.05) is 18.2 Å². The molecule has 3 rings (SSSR count). The van der Waals surface area contributed by atoms with Crippen LogP contribution in [0.3, 0.4) is 0 Å². The number of anilines is 1. The van der Waals surface area contributed by atoms with Crippen molar-refractivity contribution in [3.8, 4) is 10.6 Å². The number of aromatic nitrogens is 2. The molecule has 0 fully saturated rings. The van der Waals surface area contributed by atoms with Crippen LogP contribution in [0.4, 0.5) is 5.69 Å². The Balaban J connectivity index is 0.000000552. The van der Waals surface area contributed by atoms with Crippen molar-refractivity contribution in [3.63, 3.8) is 0 Å². The number of hydrogen-bond acceptors (Lipinski definition) is 5. The summed E-state index contributed by atoms with van der Waals surface area (Å²) >= 11 is 1.58. The van der Waals surface area contributed by atoms with Gasteiger partial charge in [-0.25, -0.2) is 4.68 Å². The van der Waals surface area contributed by atoms with E-state index in [9.17, 15) is 9.59 Å². The van der Waals surface area contributed by atoms with Gasteiger partial charge in [0, 0.05) is 25.5 Å². The quantitative estimate of drug-likeness (QED) is 0.675. The Labute approximate surface area is 156 Å². The highest BCUT2D eigenvalue weighted by atomic mass is 32.1. The van der Waals surface area contributed by atoms with Gasteiger partial charge in [0.15, 0.2) is 0 Å². The van der Waals surface area contributed by atoms with Crippen LogP contribution in [-0.2, 0) is 16.1 Å². The maximum absolute atomic E-state index is 12.0. The lowest BCUT2D eigenvalue weighted by Gasteiger charge is -2.07. The van der Waals surface area contributed by atoms with Gasteiger partial charge in [0.2, 0.25) is 6.41 Å². The molecule has 136 valence electrons. The first-order chi connectivity index (χ1) is 12.7. The van der Waals surface area contributed by atoms with Crippen LogP contribution in [0.2, 0.25) is 0 Å². The van der Waals surface area contributed by atoms with E-state index >= 15 is 0 Å². The van der Waals surface area contributed by atoms with Crippen LogP contribution in [0.1, 0.15) is 12.5 Å². The molecule has 2 heterocycles. The topological polar surface area (TPSA) is 73.2 Å². The number of nitrogens with one attached hydrogen (secondary N) is 1. The van der Waals surface area contributed by atoms with E-state index in [0.717, 1.165) is 22.7 Å². The maximum atomic E-state index is 12.0. The molecule has 1 aromatic carbocycles. The fourth-order valence-corrected chi connectivity index (χ4v) is 2.81. The van der Waals surface area contributed by atoms with Gasteiger partial charge in [-0.15, -0.1) is 11.3 Å². The monoisotopic (exact) mass is 371 g/mol. The summed E-state index contributed by atoms with van der Waals surface area (Å²) in [5, 5.41) is 8.98. The van der Waals surface area contributed by atoms with Crippen molar-refractivity contribution in [3.05, 3.63) is 69.8 Å². The lowest BCUT2D eigenvalue weighted by Crippen LogP contribution is -2.22. The molecule has 0 unspecified atom stereocenters. The van der Waals surface area contributed by atoms with E-state index < -0.39 is 0 Å². The van der Waals surface area contributed by atoms with Gasteiger partial charge in [0.1, 0.15) is 5.69 Å². The molecule has 0 aliphatic carbocycles. The smallest absolute Gasteiger partial charge is 0.267 e. The van der Waals surface area contributed by atoms with E-state index in [1.165, 1.54) is 10.7 Å². The van der Waals surface area contributed by atoms with E-state index in [1.807, 2.05) is 42.6 Å². The summed E-state index contributed by atoms with van der Waals surface area (Å²) in [6.45, 7) is 3.13. The molecule has 0 saturated heterocycles. The second-order valence-corrected chi connectivity index (χ2v) is 6.18. The number of amides is 1. The summed E-state index contributed by atoms with van der Waals surface area (Å²) in [6.07, 6.45) is 0.626. The zero-order valence-electron chi connectivity index (χ0n) is 14.7. The molecule has 0 bridgehead atoms. The third-order valence-electron chi connectivity index (χ3n) is 3.41. The highest BCUT2D eigenvalue weighted by Crippen LogP contribution is 2.21. The summed E-state index contributed by atoms with van der Waals surface area (Å²) in [5.41, 5.74) is 2.20. The molecular weight excluding hydrogens is 350 g/mol. The van der Waals surface area contributed by atoms with E-state index in [0.29, 0.717) is 18.6 Å². The van der Waals surface area contributed by atoms with Crippen LogP contribution in [0.5, 0.6) is 0 Å². The van der Waals surface area contributed by atoms with Crippen LogP contribution < -0.4 is 10.9 Å². The van der Waals surface area contributed by atoms with Crippen LogP contribution in [0.15, 0.2) is 58.7 Å². The molecule has 2 aromatic heterocycles. The van der Waals surface area contributed by atoms with E-state index in [1.54, 1.807) is 30.6 Å². The summed E-state index contributed by atoms with van der Waals surface area (Å²) < 4.78 is 5.97. The largest absolute Gasteiger partial charge is 0.385 e. The van der Waals surface area contributed by atoms with Crippen molar-refractivity contribution >= 4 is 23.4 Å². The molecule has 0 radical (unpaired) electrons. The standard InChI is InChI=1S/C16H13N3O2S.C3H8O/c20-11-17-13-4-1-3-12(9-13)10-19-16(21)7-6-14(18-19)15-5-2-8-22-15;1-3-4-2/h1-9,11H,10H2,(H,17,20);3H2,1-2H3. The lowest BCUT2D eigenvalue weighted by molar-refractivity contribution is -0.105. The fraction of sp³-hybridized carbons (Fsp3) is 0.211. The Kier molecular flexibility index (Phi) is 7.73. The third kappa shape index (κ3) is 5.65. The van der Waals surface area contributed by atoms with Crippen LogP contribution in [0.25, 0.3) is 10.6 Å². The van der Waals surface area contributed by atoms with Crippen LogP contribution in [0, 0.1) is 0 Å². The summed E-state index contributed by atoms with van der Waals surface area (Å²) in [7, 11) is 1.68. The summed E-state index contributed by atoms with van der Waals surface area (Å²) in [6, 6.07) is 14.5. The Bertz CT molecular complexity index is 874. The first-order valence-electron chi connectivity index (χ1n) is 8.08. The molecule has 26 heavy (non-hydrogen) atoms. The van der Waals surface area contributed by atoms with Gasteiger partial charge >= 0.3 is 0 Å². The number of rotatable bonds is 6. The average Bonchev–Trinajstić information content (AvgIpc) is 3.19. The van der Waals surface area contributed by atoms with Crippen LogP contribution >= 0.6 is 11.3 Å². The highest BCUT2D eigenvalue weighted by Gasteiger charge is 2.05. The third-order valence-corrected chi connectivity index (χ3v) is 4.31. The number of thiophene rings is 1. The molecule has 0 saturated carbocycles. The summed E-state index contributed by atoms with van der Waals surface area (Å²) in [4.78, 5) is 23.5. The SMILES string of the molecule is CCOC.O=CNc1cccc(Cn2nc(-c3cccs3)ccc2=O)c1. The van der Waals surface area contributed by atoms with Crippen molar-refractivity contribution in [1.29, 1.82) is 0 Å². The fourth-order valence-electron chi connectivity index (χ4n) is 2.12. The van der Waals surface area contributed by atoms with E-state index in [-0.39, 0.29) is 5.56 Å². The molecule has 6 nitrogen and oxygen atoms in total. The number of nitrogens with zero attached hydrogens (tertiary/aromatic N) is 2. The predicted octanol–water partition coefficient (Wildman–Crippen LogP) is 3.24. The number of benzene rings is 1. The Morgan fingerprint density at radius 1 is 1.23 bits per heavy atom. The predicted molar refractivity (Wildman–Crippen MR) is 105 cm³/mol. The minimum absolute atomic E-state index is 0.158. The molecular formula is C19H21N3O3S. The molecule has 0 spiro atoms. The average molecular weight is 371 g/mol. The molecule has 0 aliphatic heterocycles. The molecule has 0 atom stereocenters. The van der Waals surface area contributed by atoms with E-state index in [2.05, 4.69) is 15.2 Å². The maximum Gasteiger partial charge on any atom is 0.267 e. The van der Waals surface area contributed by atoms with Crippen molar-refractivity contribution < 1.29 is 9.53 Å². The number of methoxy groups -OCH3 is 1. The van der Waals surface area contributed by atoms with Crippen LogP contribution in [-0.4, -0.2) is 29.9 Å². The molecule has 0 aliphatic rings. The number of hydrogen-bond donors (Lipinski definition) is 1. The lowest BCUT2D eigenvalue weighted by atomic mass is 10.2. The zero-order valence-corrected chi connectivity index (χ0v) is 15.5. The minimum Gasteiger partial charge on any atom is -0.385 e. The normalized spacial score (nSPS) is 9.92. The number of carbonyl (C=O) groups is 1. The Morgan fingerprint density at radius 3 is 2.69 bits per heavy atom. The Hall–Kier alpha value is -2.77. The molecule has 3 aromatic rings. The number of carbonyl (C=O) groups excluding carboxylic acids is 1. The van der Waals surface area contributed by atoms with Crippen molar-refractivity contribution in [1.82, 2.24) is 9.78 Å². The summed E-state index contributed by atoms with van der Waals surface area (Å²) in [5.74, 6) is 0. The van der Waals surface area contributed by atoms with Crippen molar-refractivity contribution in [2.75, 3.05) is 19.0 Å². The van der Waals surface area contributed by atoms with Gasteiger partial charge in [-0.3, -0.25) is 9.59 Å². The van der Waals surface area contributed by atoms with Crippen molar-refractivity contribution in [2.24, 2.45) is 0 Å². The van der Waals surface area contributed by atoms with Gasteiger partial charge in [-0.2, -0.15) is 5.10 Å². The zero-order chi connectivity index (χ0) is 18.8. The van der Waals surface area contributed by atoms with Crippen molar-refractivity contribution in [2.45, 2.75) is 13.5 Å². The Morgan fingerprint density at radius 2 is 2.04 bits per heavy atom.